The van der Waals surface area contributed by atoms with Gasteiger partial charge in [0, 0.05) is 13.7 Å². The van der Waals surface area contributed by atoms with Crippen LogP contribution in [0.5, 0.6) is 0 Å². The third kappa shape index (κ3) is 4.74. The van der Waals surface area contributed by atoms with Crippen molar-refractivity contribution in [2.45, 2.75) is 19.4 Å². The number of ether oxygens (including phenoxy) is 1. The minimum Gasteiger partial charge on any atom is -0.384 e. The molecule has 78 valence electrons. The van der Waals surface area contributed by atoms with E-state index in [1.807, 2.05) is 5.32 Å². The molecule has 0 aliphatic heterocycles. The van der Waals surface area contributed by atoms with E-state index in [2.05, 4.69) is 4.74 Å². The number of rotatable bonds is 4. The Morgan fingerprint density at radius 1 is 1.62 bits per heavy atom. The van der Waals surface area contributed by atoms with Crippen LogP contribution in [0.15, 0.2) is 11.8 Å². The largest absolute Gasteiger partial charge is 0.430 e. The Morgan fingerprint density at radius 2 is 2.15 bits per heavy atom. The number of aliphatic hydroxyl groups excluding tert-OH is 1. The van der Waals surface area contributed by atoms with Crippen molar-refractivity contribution in [1.82, 2.24) is 5.32 Å². The normalized spacial score (nSPS) is 15.7. The predicted octanol–water partition coefficient (Wildman–Crippen LogP) is 1.01. The van der Waals surface area contributed by atoms with Gasteiger partial charge in [0.15, 0.2) is 6.29 Å². The fourth-order valence-corrected chi connectivity index (χ4v) is 0.681. The number of aliphatic hydroxyl groups is 1. The van der Waals surface area contributed by atoms with Crippen LogP contribution in [0.4, 0.5) is 13.2 Å². The average molecular weight is 199 g/mol. The summed E-state index contributed by atoms with van der Waals surface area (Å²) < 4.78 is 40.6. The van der Waals surface area contributed by atoms with Crippen molar-refractivity contribution < 1.29 is 23.0 Å². The lowest BCUT2D eigenvalue weighted by atomic mass is 10.4. The van der Waals surface area contributed by atoms with Crippen molar-refractivity contribution in [2.24, 2.45) is 0 Å². The molecule has 0 aliphatic carbocycles. The molecule has 3 nitrogen and oxygen atoms in total. The molecule has 0 heterocycles. The highest BCUT2D eigenvalue weighted by molar-refractivity contribution is 5.06. The predicted molar refractivity (Wildman–Crippen MR) is 40.8 cm³/mol. The lowest BCUT2D eigenvalue weighted by molar-refractivity contribution is -0.103. The molecule has 0 aromatic carbocycles. The molecule has 1 unspecified atom stereocenters. The molecule has 1 atom stereocenters. The summed E-state index contributed by atoms with van der Waals surface area (Å²) in [6.07, 6.45) is -5.45. The highest BCUT2D eigenvalue weighted by Gasteiger charge is 2.33. The first kappa shape index (κ1) is 12.2. The van der Waals surface area contributed by atoms with Crippen molar-refractivity contribution in [3.8, 4) is 0 Å². The summed E-state index contributed by atoms with van der Waals surface area (Å²) >= 11 is 0. The van der Waals surface area contributed by atoms with Gasteiger partial charge in [-0.3, -0.25) is 0 Å². The molecule has 0 saturated heterocycles. The first-order valence-electron chi connectivity index (χ1n) is 3.68. The Morgan fingerprint density at radius 3 is 2.46 bits per heavy atom. The van der Waals surface area contributed by atoms with Gasteiger partial charge in [-0.15, -0.1) is 0 Å². The van der Waals surface area contributed by atoms with E-state index in [1.165, 1.54) is 0 Å². The van der Waals surface area contributed by atoms with Gasteiger partial charge in [-0.25, -0.2) is 0 Å². The summed E-state index contributed by atoms with van der Waals surface area (Å²) in [5.74, 6) is 0. The van der Waals surface area contributed by atoms with Crippen LogP contribution in [0.25, 0.3) is 0 Å². The molecule has 0 aliphatic rings. The van der Waals surface area contributed by atoms with E-state index in [0.717, 1.165) is 7.05 Å². The molecular weight excluding hydrogens is 187 g/mol. The number of hydrogen-bond donors (Lipinski definition) is 2. The maximum Gasteiger partial charge on any atom is 0.430 e. The van der Waals surface area contributed by atoms with E-state index in [0.29, 0.717) is 6.08 Å². The molecule has 0 rings (SSSR count). The summed E-state index contributed by atoms with van der Waals surface area (Å²) in [5, 5.41) is 10.8. The molecule has 13 heavy (non-hydrogen) atoms. The van der Waals surface area contributed by atoms with Crippen LogP contribution in [0.3, 0.4) is 0 Å². The average Bonchev–Trinajstić information content (AvgIpc) is 1.98. The van der Waals surface area contributed by atoms with Crippen LogP contribution in [0, 0.1) is 0 Å². The lowest BCUT2D eigenvalue weighted by Crippen LogP contribution is -2.25. The molecule has 0 fully saturated rings. The summed E-state index contributed by atoms with van der Waals surface area (Å²) in [5.41, 5.74) is -1.02. The molecule has 0 aromatic heterocycles. The van der Waals surface area contributed by atoms with E-state index in [4.69, 9.17) is 5.11 Å². The van der Waals surface area contributed by atoms with Crippen molar-refractivity contribution in [3.63, 3.8) is 0 Å². The number of hydrogen-bond acceptors (Lipinski definition) is 3. The molecule has 0 aromatic rings. The summed E-state index contributed by atoms with van der Waals surface area (Å²) in [6, 6.07) is 0. The third-order valence-electron chi connectivity index (χ3n) is 1.22. The molecule has 6 heteroatoms. The molecule has 0 amide bonds. The van der Waals surface area contributed by atoms with Gasteiger partial charge in [0.1, 0.15) is 5.70 Å². The zero-order valence-corrected chi connectivity index (χ0v) is 7.35. The van der Waals surface area contributed by atoms with Crippen LogP contribution in [-0.2, 0) is 4.74 Å². The molecule has 0 spiro atoms. The highest BCUT2D eigenvalue weighted by Crippen LogP contribution is 2.23. The highest BCUT2D eigenvalue weighted by atomic mass is 19.4. The van der Waals surface area contributed by atoms with Gasteiger partial charge in [-0.1, -0.05) is 0 Å². The van der Waals surface area contributed by atoms with Crippen molar-refractivity contribution in [2.75, 3.05) is 13.7 Å². The van der Waals surface area contributed by atoms with E-state index < -0.39 is 18.2 Å². The van der Waals surface area contributed by atoms with Gasteiger partial charge in [0.2, 0.25) is 0 Å². The zero-order valence-electron chi connectivity index (χ0n) is 7.35. The van der Waals surface area contributed by atoms with Gasteiger partial charge < -0.3 is 15.2 Å². The Bertz CT molecular complexity index is 179. The smallest absolute Gasteiger partial charge is 0.384 e. The fraction of sp³-hybridized carbons (Fsp3) is 0.714. The molecular formula is C7H12F3NO2. The minimum atomic E-state index is -4.49. The van der Waals surface area contributed by atoms with Gasteiger partial charge in [0.05, 0.1) is 0 Å². The first-order chi connectivity index (χ1) is 5.91. The van der Waals surface area contributed by atoms with Gasteiger partial charge >= 0.3 is 6.18 Å². The number of allylic oxidation sites excluding steroid dienone is 1. The van der Waals surface area contributed by atoms with Crippen LogP contribution in [-0.4, -0.2) is 31.2 Å². The van der Waals surface area contributed by atoms with Gasteiger partial charge in [-0.2, -0.15) is 13.2 Å². The molecule has 0 bridgehead atoms. The van der Waals surface area contributed by atoms with Gasteiger partial charge in [0.25, 0.3) is 0 Å². The Hall–Kier alpha value is -0.750. The van der Waals surface area contributed by atoms with Crippen molar-refractivity contribution >= 4 is 0 Å². The van der Waals surface area contributed by atoms with E-state index >= 15 is 0 Å². The Labute approximate surface area is 74.2 Å². The molecule has 0 saturated carbocycles. The number of halogens is 3. The third-order valence-corrected chi connectivity index (χ3v) is 1.22. The van der Waals surface area contributed by atoms with Crippen LogP contribution < -0.4 is 5.32 Å². The van der Waals surface area contributed by atoms with Crippen molar-refractivity contribution in [3.05, 3.63) is 11.8 Å². The first-order valence-corrected chi connectivity index (χ1v) is 3.68. The van der Waals surface area contributed by atoms with E-state index in [1.54, 1.807) is 6.92 Å². The van der Waals surface area contributed by atoms with Crippen LogP contribution in [0.1, 0.15) is 6.92 Å². The molecule has 0 radical (unpaired) electrons. The van der Waals surface area contributed by atoms with Crippen molar-refractivity contribution in [1.29, 1.82) is 0 Å². The summed E-state index contributed by atoms with van der Waals surface area (Å²) in [7, 11) is 1.12. The summed E-state index contributed by atoms with van der Waals surface area (Å²) in [6.45, 7) is 1.72. The van der Waals surface area contributed by atoms with Crippen LogP contribution in [0.2, 0.25) is 0 Å². The monoisotopic (exact) mass is 199 g/mol. The topological polar surface area (TPSA) is 41.5 Å². The van der Waals surface area contributed by atoms with E-state index in [9.17, 15) is 13.2 Å². The van der Waals surface area contributed by atoms with E-state index in [-0.39, 0.29) is 6.61 Å². The SMILES string of the molecule is CCOC(O)/C=C(\NC)C(F)(F)F. The number of nitrogens with one attached hydrogen (secondary N) is 1. The standard InChI is InChI=1S/C7H12F3NO2/c1-3-13-6(12)4-5(11-2)7(8,9)10/h4,6,11-12H,3H2,1-2H3/b5-4-. The lowest BCUT2D eigenvalue weighted by Gasteiger charge is -2.13. The minimum absolute atomic E-state index is 0.145. The zero-order chi connectivity index (χ0) is 10.5. The Balaban J connectivity index is 4.38. The fourth-order valence-electron chi connectivity index (χ4n) is 0.681. The maximum atomic E-state index is 12.0. The summed E-state index contributed by atoms with van der Waals surface area (Å²) in [4.78, 5) is 0. The quantitative estimate of drug-likeness (QED) is 0.664. The second-order valence-electron chi connectivity index (χ2n) is 2.17. The van der Waals surface area contributed by atoms with Gasteiger partial charge in [-0.05, 0) is 13.0 Å². The second-order valence-corrected chi connectivity index (χ2v) is 2.17. The Kier molecular flexibility index (Phi) is 4.79. The number of alkyl halides is 3. The second kappa shape index (κ2) is 5.08. The van der Waals surface area contributed by atoms with Crippen LogP contribution >= 0.6 is 0 Å². The maximum absolute atomic E-state index is 12.0. The molecule has 2 N–H and O–H groups in total.